The van der Waals surface area contributed by atoms with Gasteiger partial charge < -0.3 is 15.1 Å². The molecule has 0 radical (unpaired) electrons. The maximum atomic E-state index is 9.22. The number of nitrogens with zero attached hydrogens (tertiary/aromatic N) is 6. The Labute approximate surface area is 505 Å². The van der Waals surface area contributed by atoms with Crippen molar-refractivity contribution < 1.29 is 5.11 Å². The monoisotopic (exact) mass is 1130 g/mol. The van der Waals surface area contributed by atoms with E-state index in [1.54, 1.807) is 0 Å². The van der Waals surface area contributed by atoms with Crippen LogP contribution in [0.2, 0.25) is 0 Å². The number of hydrogen-bond acceptors (Lipinski definition) is 7. The second kappa shape index (κ2) is 32.1. The number of aliphatic hydroxyl groups excluding tert-OH is 1. The highest BCUT2D eigenvalue weighted by molar-refractivity contribution is 6.10. The summed E-state index contributed by atoms with van der Waals surface area (Å²) in [6, 6.07) is 19.1. The number of hydrogen-bond donors (Lipinski definition) is 3. The molecule has 0 aliphatic carbocycles. The summed E-state index contributed by atoms with van der Waals surface area (Å²) in [6.07, 6.45) is 39.4. The average molecular weight is 1130 g/mol. The third-order valence-corrected chi connectivity index (χ3v) is 18.4. The smallest absolute Gasteiger partial charge is 0.165 e. The summed E-state index contributed by atoms with van der Waals surface area (Å²) < 4.78 is 0. The fourth-order valence-corrected chi connectivity index (χ4v) is 13.6. The third-order valence-electron chi connectivity index (χ3n) is 18.4. The number of rotatable bonds is 36. The lowest BCUT2D eigenvalue weighted by Gasteiger charge is -2.13. The largest absolute Gasteiger partial charge is 0.396 e. The highest BCUT2D eigenvalue weighted by atomic mass is 16.2. The predicted octanol–water partition coefficient (Wildman–Crippen LogP) is 21.0. The summed E-state index contributed by atoms with van der Waals surface area (Å²) in [5.74, 6) is 2.96. The van der Waals surface area contributed by atoms with Crippen LogP contribution in [0.1, 0.15) is 266 Å². The Morgan fingerprint density at radius 3 is 0.821 bits per heavy atom. The molecule has 0 atom stereocenters. The van der Waals surface area contributed by atoms with Crippen LogP contribution in [-0.4, -0.2) is 51.6 Å². The van der Waals surface area contributed by atoms with Gasteiger partial charge in [-0.05, 0) is 148 Å². The number of aryl methyl sites for hydroxylation is 8. The first-order chi connectivity index (χ1) is 41.3. The number of aromatic amines is 2. The molecule has 2 aliphatic heterocycles. The van der Waals surface area contributed by atoms with E-state index in [9.17, 15) is 5.11 Å². The van der Waals surface area contributed by atoms with Crippen molar-refractivity contribution in [2.24, 2.45) is 0 Å². The summed E-state index contributed by atoms with van der Waals surface area (Å²) in [5, 5.41) is 13.9. The molecule has 0 unspecified atom stereocenters. The van der Waals surface area contributed by atoms with Crippen molar-refractivity contribution in [3.8, 4) is 45.6 Å². The van der Waals surface area contributed by atoms with Crippen LogP contribution < -0.4 is 0 Å². The van der Waals surface area contributed by atoms with Crippen LogP contribution in [0.25, 0.3) is 89.7 Å². The molecule has 0 saturated carbocycles. The van der Waals surface area contributed by atoms with Gasteiger partial charge in [0, 0.05) is 50.4 Å². The van der Waals surface area contributed by atoms with Gasteiger partial charge in [0.15, 0.2) is 23.3 Å². The lowest BCUT2D eigenvalue weighted by molar-refractivity contribution is 0.282. The van der Waals surface area contributed by atoms with Crippen LogP contribution >= 0.6 is 0 Å². The highest BCUT2D eigenvalue weighted by Crippen LogP contribution is 2.44. The van der Waals surface area contributed by atoms with Crippen molar-refractivity contribution in [1.29, 1.82) is 0 Å². The predicted molar refractivity (Wildman–Crippen MR) is 357 cm³/mol. The summed E-state index contributed by atoms with van der Waals surface area (Å²) in [5.41, 5.74) is 18.2. The summed E-state index contributed by atoms with van der Waals surface area (Å²) in [4.78, 5) is 43.0. The van der Waals surface area contributed by atoms with Gasteiger partial charge in [0.1, 0.15) is 22.6 Å². The molecule has 3 aromatic heterocycles. The topological polar surface area (TPSA) is 129 Å². The van der Waals surface area contributed by atoms with Crippen LogP contribution in [0.3, 0.4) is 0 Å². The number of aliphatic hydroxyl groups is 1. The fourth-order valence-electron chi connectivity index (χ4n) is 13.6. The lowest BCUT2D eigenvalue weighted by atomic mass is 9.91. The Morgan fingerprint density at radius 1 is 0.274 bits per heavy atom. The van der Waals surface area contributed by atoms with E-state index >= 15 is 0 Å². The van der Waals surface area contributed by atoms with E-state index in [0.717, 1.165) is 215 Å². The van der Waals surface area contributed by atoms with Crippen LogP contribution in [0.4, 0.5) is 0 Å². The quantitative estimate of drug-likeness (QED) is 0.0334. The van der Waals surface area contributed by atoms with Crippen LogP contribution in [0.5, 0.6) is 0 Å². The Morgan fingerprint density at radius 2 is 0.512 bits per heavy atom. The Kier molecular flexibility index (Phi) is 24.0. The van der Waals surface area contributed by atoms with Gasteiger partial charge in [-0.15, -0.1) is 0 Å². The number of fused-ring (bicyclic) bond motifs is 20. The lowest BCUT2D eigenvalue weighted by Crippen LogP contribution is -1.98. The molecule has 4 aromatic carbocycles. The van der Waals surface area contributed by atoms with Crippen LogP contribution in [-0.2, 0) is 44.9 Å². The minimum atomic E-state index is 0.313. The van der Waals surface area contributed by atoms with Gasteiger partial charge >= 0.3 is 0 Å². The summed E-state index contributed by atoms with van der Waals surface area (Å²) in [7, 11) is 0. The number of nitrogens with one attached hydrogen (secondary N) is 2. The second-order valence-electron chi connectivity index (χ2n) is 25.1. The van der Waals surface area contributed by atoms with Gasteiger partial charge in [0.25, 0.3) is 0 Å². The van der Waals surface area contributed by atoms with Crippen molar-refractivity contribution in [3.05, 3.63) is 93.0 Å². The fraction of sp³-hybridized carbons (Fsp3) is 0.573. The third kappa shape index (κ3) is 15.1. The Hall–Kier alpha value is -5.80. The van der Waals surface area contributed by atoms with Crippen molar-refractivity contribution in [1.82, 2.24) is 39.9 Å². The van der Waals surface area contributed by atoms with Gasteiger partial charge in [0.2, 0.25) is 0 Å². The molecule has 0 spiro atoms. The molecule has 9 rings (SSSR count). The minimum absolute atomic E-state index is 0.313. The van der Waals surface area contributed by atoms with E-state index in [4.69, 9.17) is 29.9 Å². The van der Waals surface area contributed by atoms with Crippen molar-refractivity contribution in [2.75, 3.05) is 6.61 Å². The van der Waals surface area contributed by atoms with Gasteiger partial charge in [-0.25, -0.2) is 29.9 Å². The average Bonchev–Trinajstić information content (AvgIpc) is 2.52. The SMILES string of the molecule is CCCCCc1ccc(CCCCC)c2c1-c1nc-2nc2[nH]c(nc3nc(nc4[nH]c(n1)c1c(CCCCC)ccc(CCCCC)c41)-c1c(C)ccc(CCCCCCCCCCCCO)c1-3)c1c(CCCCC)ccc(CCCCC)c21. The van der Waals surface area contributed by atoms with Crippen molar-refractivity contribution in [2.45, 2.75) is 273 Å². The molecule has 450 valence electrons. The Balaban J connectivity index is 1.37. The van der Waals surface area contributed by atoms with Crippen molar-refractivity contribution in [3.63, 3.8) is 0 Å². The molecule has 84 heavy (non-hydrogen) atoms. The zero-order valence-electron chi connectivity index (χ0n) is 53.2. The molecule has 7 aromatic rings. The van der Waals surface area contributed by atoms with Gasteiger partial charge in [-0.1, -0.05) is 218 Å². The van der Waals surface area contributed by atoms with Gasteiger partial charge in [-0.3, -0.25) is 0 Å². The molecular formula is C75H104N8O. The first-order valence-corrected chi connectivity index (χ1v) is 34.4. The number of H-pyrrole nitrogens is 2. The molecule has 9 nitrogen and oxygen atoms in total. The highest BCUT2D eigenvalue weighted by Gasteiger charge is 2.29. The molecule has 3 N–H and O–H groups in total. The van der Waals surface area contributed by atoms with Gasteiger partial charge in [0.05, 0.1) is 0 Å². The van der Waals surface area contributed by atoms with Crippen LogP contribution in [0.15, 0.2) is 48.5 Å². The first kappa shape index (κ1) is 62.7. The maximum absolute atomic E-state index is 9.22. The summed E-state index contributed by atoms with van der Waals surface area (Å²) in [6.45, 7) is 16.4. The molecule has 0 amide bonds. The van der Waals surface area contributed by atoms with Crippen LogP contribution in [0, 0.1) is 6.92 Å². The molecule has 0 saturated heterocycles. The van der Waals surface area contributed by atoms with E-state index < -0.39 is 0 Å². The van der Waals surface area contributed by atoms with E-state index in [0.29, 0.717) is 6.61 Å². The second-order valence-corrected chi connectivity index (χ2v) is 25.1. The molecule has 9 heteroatoms. The van der Waals surface area contributed by atoms with E-state index in [1.165, 1.54) is 144 Å². The van der Waals surface area contributed by atoms with E-state index in [2.05, 4.69) is 107 Å². The van der Waals surface area contributed by atoms with E-state index in [1.807, 2.05) is 0 Å². The normalized spacial score (nSPS) is 12.1. The zero-order chi connectivity index (χ0) is 58.6. The number of benzene rings is 4. The minimum Gasteiger partial charge on any atom is -0.396 e. The van der Waals surface area contributed by atoms with Gasteiger partial charge in [-0.2, -0.15) is 0 Å². The standard InChI is InChI=1S/C75H104N8O/c1-8-14-28-36-54-45-46-55(37-29-15-9-2)63-62(54)70-77-68-60-52(7)43-44-53(42-34-26-24-22-20-21-23-25-27-35-51-84)61(60)69(76-68)78-71-64-56(38-30-16-10-3)47-48-57(39-31-17-11-4)65(64)73(80-71)82-75-67-59(41-33-19-13-6)50-49-58(40-32-18-12-5)66(67)74(83-75)81-72(63)79-70/h43-50,84H,8-42,51H2,1-7H3,(H2,76,77,78,79,80,81,82,83). The van der Waals surface area contributed by atoms with E-state index in [-0.39, 0.29) is 0 Å². The van der Waals surface area contributed by atoms with Crippen molar-refractivity contribution >= 4 is 44.1 Å². The molecule has 2 aliphatic rings. The molecular weight excluding hydrogens is 1030 g/mol. The Bertz CT molecular complexity index is 3440. The number of unbranched alkanes of at least 4 members (excludes halogenated alkanes) is 21. The molecule has 5 heterocycles. The zero-order valence-corrected chi connectivity index (χ0v) is 53.2. The first-order valence-electron chi connectivity index (χ1n) is 34.4. The molecule has 0 fully saturated rings. The number of aromatic nitrogens is 8. The molecule has 8 bridgehead atoms. The maximum Gasteiger partial charge on any atom is 0.165 e. The summed E-state index contributed by atoms with van der Waals surface area (Å²) >= 11 is 0.